The van der Waals surface area contributed by atoms with E-state index in [0.717, 1.165) is 11.4 Å². The molecule has 0 bridgehead atoms. The monoisotopic (exact) mass is 309 g/mol. The Kier molecular flexibility index (Phi) is 5.43. The maximum atomic E-state index is 6.37. The molecule has 0 aliphatic rings. The van der Waals surface area contributed by atoms with E-state index in [4.69, 9.17) is 5.73 Å². The Balaban J connectivity index is 2.44. The lowest BCUT2D eigenvalue weighted by molar-refractivity contribution is 0.782. The van der Waals surface area contributed by atoms with Crippen molar-refractivity contribution in [2.45, 2.75) is 46.6 Å². The molecule has 0 saturated heterocycles. The summed E-state index contributed by atoms with van der Waals surface area (Å²) >= 11 is 0. The van der Waals surface area contributed by atoms with Crippen molar-refractivity contribution in [1.29, 1.82) is 0 Å². The van der Waals surface area contributed by atoms with Gasteiger partial charge in [-0.3, -0.25) is 0 Å². The normalized spacial score (nSPS) is 12.0. The van der Waals surface area contributed by atoms with Crippen molar-refractivity contribution in [2.75, 3.05) is 4.90 Å². The number of rotatable bonds is 4. The van der Waals surface area contributed by atoms with Crippen LogP contribution in [0.4, 0.5) is 11.4 Å². The topological polar surface area (TPSA) is 41.6 Å². The van der Waals surface area contributed by atoms with E-state index < -0.39 is 0 Å². The maximum absolute atomic E-state index is 6.37. The van der Waals surface area contributed by atoms with Crippen LogP contribution in [0.3, 0.4) is 0 Å². The fourth-order valence-corrected chi connectivity index (χ4v) is 2.67. The van der Waals surface area contributed by atoms with Crippen molar-refractivity contribution >= 4 is 17.3 Å². The fourth-order valence-electron chi connectivity index (χ4n) is 2.67. The molecular formula is C20H27N3. The summed E-state index contributed by atoms with van der Waals surface area (Å²) in [5.74, 6) is 0.955. The number of guanidine groups is 1. The van der Waals surface area contributed by atoms with Crippen LogP contribution >= 0.6 is 0 Å². The van der Waals surface area contributed by atoms with Crippen LogP contribution < -0.4 is 10.6 Å². The number of aryl methyl sites for hydroxylation is 1. The van der Waals surface area contributed by atoms with Crippen LogP contribution in [0.15, 0.2) is 53.5 Å². The van der Waals surface area contributed by atoms with Crippen LogP contribution in [0.5, 0.6) is 0 Å². The predicted octanol–water partition coefficient (Wildman–Crippen LogP) is 4.98. The highest BCUT2D eigenvalue weighted by molar-refractivity contribution is 5.97. The lowest BCUT2D eigenvalue weighted by atomic mass is 10.00. The second-order valence-corrected chi connectivity index (χ2v) is 6.48. The van der Waals surface area contributed by atoms with E-state index >= 15 is 0 Å². The molecule has 2 aromatic rings. The van der Waals surface area contributed by atoms with Crippen molar-refractivity contribution in [1.82, 2.24) is 0 Å². The highest BCUT2D eigenvalue weighted by Gasteiger charge is 2.19. The van der Waals surface area contributed by atoms with Crippen LogP contribution in [-0.2, 0) is 0 Å². The Labute approximate surface area is 139 Å². The minimum atomic E-state index is 0.226. The summed E-state index contributed by atoms with van der Waals surface area (Å²) in [4.78, 5) is 6.73. The van der Waals surface area contributed by atoms with E-state index in [0.29, 0.717) is 11.9 Å². The van der Waals surface area contributed by atoms with E-state index in [2.05, 4.69) is 68.8 Å². The smallest absolute Gasteiger partial charge is 0.201 e. The lowest BCUT2D eigenvalue weighted by Gasteiger charge is -2.30. The SMILES string of the molecule is Cc1ccc(N=C(N)N(c2ccccc2C(C)C)C(C)C)cc1. The van der Waals surface area contributed by atoms with Gasteiger partial charge in [0.2, 0.25) is 5.96 Å². The largest absolute Gasteiger partial charge is 0.369 e. The molecule has 0 aliphatic carbocycles. The van der Waals surface area contributed by atoms with Crippen LogP contribution in [-0.4, -0.2) is 12.0 Å². The van der Waals surface area contributed by atoms with Gasteiger partial charge in [0.05, 0.1) is 5.69 Å². The van der Waals surface area contributed by atoms with E-state index in [1.54, 1.807) is 0 Å². The summed E-state index contributed by atoms with van der Waals surface area (Å²) in [7, 11) is 0. The first kappa shape index (κ1) is 17.1. The summed E-state index contributed by atoms with van der Waals surface area (Å²) in [6.45, 7) is 10.7. The van der Waals surface area contributed by atoms with Gasteiger partial charge in [-0.05, 0) is 50.5 Å². The molecule has 3 nitrogen and oxygen atoms in total. The van der Waals surface area contributed by atoms with Crippen LogP contribution in [0.25, 0.3) is 0 Å². The molecule has 23 heavy (non-hydrogen) atoms. The van der Waals surface area contributed by atoms with Gasteiger partial charge in [-0.25, -0.2) is 4.99 Å². The molecule has 2 rings (SSSR count). The van der Waals surface area contributed by atoms with Crippen LogP contribution in [0.2, 0.25) is 0 Å². The fraction of sp³-hybridized carbons (Fsp3) is 0.350. The minimum absolute atomic E-state index is 0.226. The van der Waals surface area contributed by atoms with Gasteiger partial charge in [-0.15, -0.1) is 0 Å². The van der Waals surface area contributed by atoms with Crippen molar-refractivity contribution in [2.24, 2.45) is 10.7 Å². The van der Waals surface area contributed by atoms with Crippen LogP contribution in [0, 0.1) is 6.92 Å². The van der Waals surface area contributed by atoms with Crippen molar-refractivity contribution in [3.05, 3.63) is 59.7 Å². The second-order valence-electron chi connectivity index (χ2n) is 6.48. The summed E-state index contributed by atoms with van der Waals surface area (Å²) in [6, 6.07) is 16.7. The van der Waals surface area contributed by atoms with E-state index in [1.807, 2.05) is 24.3 Å². The molecule has 2 N–H and O–H groups in total. The van der Waals surface area contributed by atoms with E-state index in [-0.39, 0.29) is 6.04 Å². The molecule has 0 spiro atoms. The number of nitrogens with zero attached hydrogens (tertiary/aromatic N) is 2. The molecule has 0 heterocycles. The summed E-state index contributed by atoms with van der Waals surface area (Å²) in [5.41, 5.74) is 10.9. The van der Waals surface area contributed by atoms with Crippen molar-refractivity contribution in [3.63, 3.8) is 0 Å². The van der Waals surface area contributed by atoms with Gasteiger partial charge in [0.1, 0.15) is 0 Å². The molecule has 2 aromatic carbocycles. The van der Waals surface area contributed by atoms with Crippen LogP contribution in [0.1, 0.15) is 44.7 Å². The molecular weight excluding hydrogens is 282 g/mol. The zero-order valence-corrected chi connectivity index (χ0v) is 14.7. The Morgan fingerprint density at radius 1 is 0.957 bits per heavy atom. The zero-order valence-electron chi connectivity index (χ0n) is 14.7. The highest BCUT2D eigenvalue weighted by Crippen LogP contribution is 2.29. The average molecular weight is 309 g/mol. The minimum Gasteiger partial charge on any atom is -0.369 e. The van der Waals surface area contributed by atoms with Crippen molar-refractivity contribution < 1.29 is 0 Å². The number of aliphatic imine (C=N–C) groups is 1. The standard InChI is InChI=1S/C20H27N3/c1-14(2)18-8-6-7-9-19(18)23(15(3)4)20(21)22-17-12-10-16(5)11-13-17/h6-15H,1-5H3,(H2,21,22). The Bertz CT molecular complexity index is 670. The Hall–Kier alpha value is -2.29. The van der Waals surface area contributed by atoms with Gasteiger partial charge in [-0.1, -0.05) is 49.7 Å². The highest BCUT2D eigenvalue weighted by atomic mass is 15.3. The second kappa shape index (κ2) is 7.32. The summed E-state index contributed by atoms with van der Waals surface area (Å²) in [6.07, 6.45) is 0. The molecule has 0 saturated carbocycles. The summed E-state index contributed by atoms with van der Waals surface area (Å²) in [5, 5.41) is 0. The lowest BCUT2D eigenvalue weighted by Crippen LogP contribution is -2.42. The zero-order chi connectivity index (χ0) is 17.0. The quantitative estimate of drug-likeness (QED) is 0.639. The Morgan fingerprint density at radius 3 is 2.13 bits per heavy atom. The maximum Gasteiger partial charge on any atom is 0.201 e. The number of hydrogen-bond donors (Lipinski definition) is 1. The molecule has 0 amide bonds. The van der Waals surface area contributed by atoms with Gasteiger partial charge in [0.15, 0.2) is 0 Å². The molecule has 0 aromatic heterocycles. The first-order valence-electron chi connectivity index (χ1n) is 8.19. The predicted molar refractivity (Wildman–Crippen MR) is 101 cm³/mol. The third-order valence-corrected chi connectivity index (χ3v) is 3.86. The van der Waals surface area contributed by atoms with Gasteiger partial charge in [0, 0.05) is 11.7 Å². The molecule has 0 fully saturated rings. The molecule has 0 aliphatic heterocycles. The molecule has 0 unspecified atom stereocenters. The van der Waals surface area contributed by atoms with E-state index in [9.17, 15) is 0 Å². The Morgan fingerprint density at radius 2 is 1.57 bits per heavy atom. The van der Waals surface area contributed by atoms with Crippen molar-refractivity contribution in [3.8, 4) is 0 Å². The molecule has 0 atom stereocenters. The molecule has 3 heteroatoms. The summed E-state index contributed by atoms with van der Waals surface area (Å²) < 4.78 is 0. The number of anilines is 1. The number of hydrogen-bond acceptors (Lipinski definition) is 1. The third kappa shape index (κ3) is 4.13. The number of benzene rings is 2. The molecule has 0 radical (unpaired) electrons. The first-order valence-corrected chi connectivity index (χ1v) is 8.19. The van der Waals surface area contributed by atoms with Gasteiger partial charge >= 0.3 is 0 Å². The number of para-hydroxylation sites is 1. The third-order valence-electron chi connectivity index (χ3n) is 3.86. The molecule has 122 valence electrons. The van der Waals surface area contributed by atoms with Gasteiger partial charge in [0.25, 0.3) is 0 Å². The van der Waals surface area contributed by atoms with E-state index in [1.165, 1.54) is 11.1 Å². The van der Waals surface area contributed by atoms with Gasteiger partial charge in [-0.2, -0.15) is 0 Å². The first-order chi connectivity index (χ1) is 10.9. The number of nitrogens with two attached hydrogens (primary N) is 1. The van der Waals surface area contributed by atoms with Gasteiger partial charge < -0.3 is 10.6 Å². The average Bonchev–Trinajstić information content (AvgIpc) is 2.49.